The molecule has 0 spiro atoms. The van der Waals surface area contributed by atoms with Gasteiger partial charge in [0, 0.05) is 16.3 Å². The molecule has 1 amide bonds. The van der Waals surface area contributed by atoms with Crippen molar-refractivity contribution >= 4 is 32.0 Å². The summed E-state index contributed by atoms with van der Waals surface area (Å²) in [7, 11) is -2.97. The molecule has 160 valence electrons. The maximum absolute atomic E-state index is 13.1. The van der Waals surface area contributed by atoms with Gasteiger partial charge in [0.2, 0.25) is 0 Å². The molecule has 30 heavy (non-hydrogen) atoms. The molecule has 1 atom stereocenters. The highest BCUT2D eigenvalue weighted by Crippen LogP contribution is 2.38. The third-order valence-corrected chi connectivity index (χ3v) is 5.66. The molecule has 0 saturated heterocycles. The van der Waals surface area contributed by atoms with Crippen LogP contribution in [-0.4, -0.2) is 27.0 Å². The predicted molar refractivity (Wildman–Crippen MR) is 103 cm³/mol. The zero-order valence-electron chi connectivity index (χ0n) is 15.3. The number of carbonyl (C=O) groups excluding carboxylic acids is 1. The maximum Gasteiger partial charge on any atom is 0.417 e. The molecule has 2 rings (SSSR count). The number of rotatable bonds is 7. The number of hydrogen-bond acceptors (Lipinski definition) is 6. The van der Waals surface area contributed by atoms with Crippen molar-refractivity contribution in [1.82, 2.24) is 0 Å². The summed E-state index contributed by atoms with van der Waals surface area (Å²) in [4.78, 5) is 31.7. The average Bonchev–Trinajstić information content (AvgIpc) is 2.66. The van der Waals surface area contributed by atoms with Crippen LogP contribution in [0.25, 0.3) is 0 Å². The SMILES string of the molecule is C[C@@](CSc1ccc(F)cc1)(OP(O)O)C(=O)Nc1ccc(C#N)c(C(F)(F)F)c1. The van der Waals surface area contributed by atoms with Gasteiger partial charge in [-0.25, -0.2) is 4.39 Å². The Kier molecular flexibility index (Phi) is 7.80. The van der Waals surface area contributed by atoms with Crippen molar-refractivity contribution in [2.75, 3.05) is 11.1 Å². The summed E-state index contributed by atoms with van der Waals surface area (Å²) in [6, 6.07) is 9.33. The lowest BCUT2D eigenvalue weighted by Crippen LogP contribution is -2.44. The van der Waals surface area contributed by atoms with Crippen molar-refractivity contribution in [2.24, 2.45) is 0 Å². The molecule has 0 aromatic heterocycles. The summed E-state index contributed by atoms with van der Waals surface area (Å²) < 4.78 is 57.3. The summed E-state index contributed by atoms with van der Waals surface area (Å²) >= 11 is 1.04. The number of anilines is 1. The quantitative estimate of drug-likeness (QED) is 0.320. The highest BCUT2D eigenvalue weighted by atomic mass is 32.2. The van der Waals surface area contributed by atoms with E-state index in [1.165, 1.54) is 37.3 Å². The van der Waals surface area contributed by atoms with E-state index < -0.39 is 43.2 Å². The highest BCUT2D eigenvalue weighted by Gasteiger charge is 2.38. The molecule has 0 aliphatic carbocycles. The van der Waals surface area contributed by atoms with E-state index in [0.29, 0.717) is 11.0 Å². The smallest absolute Gasteiger partial charge is 0.328 e. The van der Waals surface area contributed by atoms with Crippen LogP contribution in [0.1, 0.15) is 18.1 Å². The Bertz CT molecular complexity index is 951. The summed E-state index contributed by atoms with van der Waals surface area (Å²) in [5, 5.41) is 11.1. The zero-order valence-corrected chi connectivity index (χ0v) is 17.0. The molecular formula is C18H15F4N2O4PS. The summed E-state index contributed by atoms with van der Waals surface area (Å²) in [5.74, 6) is -1.57. The van der Waals surface area contributed by atoms with E-state index in [4.69, 9.17) is 9.79 Å². The van der Waals surface area contributed by atoms with E-state index >= 15 is 0 Å². The van der Waals surface area contributed by atoms with E-state index in [9.17, 15) is 32.1 Å². The summed E-state index contributed by atoms with van der Waals surface area (Å²) in [6.07, 6.45) is -4.81. The van der Waals surface area contributed by atoms with Gasteiger partial charge in [0.25, 0.3) is 5.91 Å². The highest BCUT2D eigenvalue weighted by molar-refractivity contribution is 7.99. The minimum absolute atomic E-state index is 0.160. The molecule has 0 unspecified atom stereocenters. The Labute approximate surface area is 174 Å². The number of benzene rings is 2. The largest absolute Gasteiger partial charge is 0.417 e. The fraction of sp³-hybridized carbons (Fsp3) is 0.222. The third-order valence-electron chi connectivity index (χ3n) is 3.79. The minimum atomic E-state index is -4.81. The van der Waals surface area contributed by atoms with Crippen LogP contribution < -0.4 is 5.32 Å². The number of alkyl halides is 3. The fourth-order valence-electron chi connectivity index (χ4n) is 2.28. The average molecular weight is 462 g/mol. The van der Waals surface area contributed by atoms with Crippen molar-refractivity contribution < 1.29 is 36.7 Å². The molecule has 0 heterocycles. The van der Waals surface area contributed by atoms with E-state index in [2.05, 4.69) is 5.32 Å². The molecule has 0 saturated carbocycles. The van der Waals surface area contributed by atoms with Crippen molar-refractivity contribution in [3.63, 3.8) is 0 Å². The van der Waals surface area contributed by atoms with E-state index in [1.807, 2.05) is 0 Å². The number of carbonyl (C=O) groups is 1. The number of thioether (sulfide) groups is 1. The molecule has 2 aromatic carbocycles. The molecule has 2 aromatic rings. The maximum atomic E-state index is 13.1. The molecule has 0 radical (unpaired) electrons. The first-order chi connectivity index (χ1) is 13.9. The predicted octanol–water partition coefficient (Wildman–Crippen LogP) is 4.43. The van der Waals surface area contributed by atoms with E-state index in [0.717, 1.165) is 23.9 Å². The van der Waals surface area contributed by atoms with Crippen molar-refractivity contribution in [1.29, 1.82) is 5.26 Å². The van der Waals surface area contributed by atoms with Crippen molar-refractivity contribution in [2.45, 2.75) is 23.6 Å². The number of nitriles is 1. The van der Waals surface area contributed by atoms with Gasteiger partial charge >= 0.3 is 14.8 Å². The Morgan fingerprint density at radius 3 is 2.40 bits per heavy atom. The normalized spacial score (nSPS) is 13.6. The van der Waals surface area contributed by atoms with Gasteiger partial charge in [-0.05, 0) is 49.4 Å². The Hall–Kier alpha value is -2.22. The van der Waals surface area contributed by atoms with Crippen molar-refractivity contribution in [3.05, 3.63) is 59.4 Å². The van der Waals surface area contributed by atoms with Crippen LogP contribution in [0.3, 0.4) is 0 Å². The zero-order chi connectivity index (χ0) is 22.5. The van der Waals surface area contributed by atoms with Crippen LogP contribution in [0.2, 0.25) is 0 Å². The lowest BCUT2D eigenvalue weighted by Gasteiger charge is -2.28. The van der Waals surface area contributed by atoms with Crippen LogP contribution in [0.15, 0.2) is 47.4 Å². The van der Waals surface area contributed by atoms with E-state index in [-0.39, 0.29) is 11.4 Å². The number of amides is 1. The topological polar surface area (TPSA) is 103 Å². The second-order valence-electron chi connectivity index (χ2n) is 6.14. The van der Waals surface area contributed by atoms with E-state index in [1.54, 1.807) is 0 Å². The molecule has 12 heteroatoms. The van der Waals surface area contributed by atoms with Crippen LogP contribution >= 0.6 is 20.4 Å². The monoisotopic (exact) mass is 462 g/mol. The number of nitrogens with zero attached hydrogens (tertiary/aromatic N) is 1. The Morgan fingerprint density at radius 1 is 1.23 bits per heavy atom. The first-order valence-electron chi connectivity index (χ1n) is 8.13. The Morgan fingerprint density at radius 2 is 1.87 bits per heavy atom. The summed E-state index contributed by atoms with van der Waals surface area (Å²) in [6.45, 7) is 1.23. The summed E-state index contributed by atoms with van der Waals surface area (Å²) in [5.41, 5.74) is -3.94. The van der Waals surface area contributed by atoms with Crippen molar-refractivity contribution in [3.8, 4) is 6.07 Å². The Balaban J connectivity index is 2.24. The van der Waals surface area contributed by atoms with Crippen LogP contribution in [0.5, 0.6) is 0 Å². The number of halogens is 4. The van der Waals surface area contributed by atoms with Gasteiger partial charge < -0.3 is 15.1 Å². The fourth-order valence-corrected chi connectivity index (χ4v) is 3.84. The standard InChI is InChI=1S/C18H15F4N2O4PS/c1-17(28-29(26)27,10-30-14-6-3-12(19)4-7-14)16(25)24-13-5-2-11(9-23)15(8-13)18(20,21)22/h2-8,26-27H,10H2,1H3,(H,24,25)/t17-/m0/s1. The number of hydrogen-bond donors (Lipinski definition) is 3. The van der Waals surface area contributed by atoms with Gasteiger partial charge in [-0.15, -0.1) is 11.8 Å². The van der Waals surface area contributed by atoms with Gasteiger partial charge in [0.05, 0.1) is 17.2 Å². The third kappa shape index (κ3) is 6.39. The van der Waals surface area contributed by atoms with Gasteiger partial charge in [-0.1, -0.05) is 0 Å². The second kappa shape index (κ2) is 9.73. The first-order valence-corrected chi connectivity index (χ1v) is 10.3. The molecule has 6 nitrogen and oxygen atoms in total. The van der Waals surface area contributed by atoms with Gasteiger partial charge in [0.1, 0.15) is 5.82 Å². The van der Waals surface area contributed by atoms with Gasteiger partial charge in [0.15, 0.2) is 5.60 Å². The molecule has 0 aliphatic heterocycles. The molecule has 0 fully saturated rings. The van der Waals surface area contributed by atoms with Gasteiger partial charge in [-0.2, -0.15) is 18.4 Å². The van der Waals surface area contributed by atoms with Crippen LogP contribution in [0, 0.1) is 17.1 Å². The van der Waals surface area contributed by atoms with Gasteiger partial charge in [-0.3, -0.25) is 9.32 Å². The van der Waals surface area contributed by atoms with Crippen LogP contribution in [0.4, 0.5) is 23.2 Å². The molecule has 3 N–H and O–H groups in total. The molecule has 0 bridgehead atoms. The lowest BCUT2D eigenvalue weighted by atomic mass is 10.1. The number of nitrogens with one attached hydrogen (secondary N) is 1. The molecule has 0 aliphatic rings. The minimum Gasteiger partial charge on any atom is -0.328 e. The second-order valence-corrected chi connectivity index (χ2v) is 7.88. The lowest BCUT2D eigenvalue weighted by molar-refractivity contribution is -0.137. The van der Waals surface area contributed by atoms with Crippen LogP contribution in [-0.2, 0) is 15.5 Å². The molecular weight excluding hydrogens is 447 g/mol. The first kappa shape index (κ1) is 24.1.